The van der Waals surface area contributed by atoms with E-state index in [9.17, 15) is 19.5 Å². The number of fused-ring (bicyclic) bond motifs is 1. The number of methoxy groups -OCH3 is 1. The summed E-state index contributed by atoms with van der Waals surface area (Å²) in [5.41, 5.74) is 0.566. The van der Waals surface area contributed by atoms with Gasteiger partial charge in [0, 0.05) is 11.6 Å². The molecule has 6 atom stereocenters. The molecular formula is C24H32N2O6. The summed E-state index contributed by atoms with van der Waals surface area (Å²) in [6.07, 6.45) is 4.49. The van der Waals surface area contributed by atoms with Crippen molar-refractivity contribution in [3.8, 4) is 5.75 Å². The fourth-order valence-corrected chi connectivity index (χ4v) is 4.85. The number of ether oxygens (including phenoxy) is 2. The van der Waals surface area contributed by atoms with E-state index in [1.807, 2.05) is 19.1 Å². The predicted molar refractivity (Wildman–Crippen MR) is 119 cm³/mol. The third-order valence-electron chi connectivity index (χ3n) is 6.44. The lowest BCUT2D eigenvalue weighted by molar-refractivity contribution is -0.156. The molecule has 0 spiro atoms. The van der Waals surface area contributed by atoms with Gasteiger partial charge in [-0.3, -0.25) is 14.4 Å². The number of nitrogens with one attached hydrogen (secondary N) is 1. The Balaban J connectivity index is 1.96. The molecule has 32 heavy (non-hydrogen) atoms. The number of esters is 1. The number of hydrogen-bond donors (Lipinski definition) is 2. The fraction of sp³-hybridized carbons (Fsp3) is 0.542. The topological polar surface area (TPSA) is 105 Å². The van der Waals surface area contributed by atoms with Gasteiger partial charge in [-0.25, -0.2) is 0 Å². The second kappa shape index (κ2) is 10.2. The monoisotopic (exact) mass is 444 g/mol. The van der Waals surface area contributed by atoms with Crippen molar-refractivity contribution in [3.05, 3.63) is 36.4 Å². The molecule has 8 nitrogen and oxygen atoms in total. The van der Waals surface area contributed by atoms with Gasteiger partial charge in [-0.05, 0) is 50.5 Å². The molecule has 1 saturated heterocycles. The maximum absolute atomic E-state index is 13.5. The van der Waals surface area contributed by atoms with Crippen LogP contribution in [0.3, 0.4) is 0 Å². The number of carbonyl (C=O) groups is 3. The van der Waals surface area contributed by atoms with Crippen LogP contribution in [0.25, 0.3) is 0 Å². The van der Waals surface area contributed by atoms with Crippen molar-refractivity contribution in [1.29, 1.82) is 0 Å². The Morgan fingerprint density at radius 3 is 2.44 bits per heavy atom. The summed E-state index contributed by atoms with van der Waals surface area (Å²) < 4.78 is 10.5. The molecule has 2 N–H and O–H groups in total. The first kappa shape index (κ1) is 23.8. The lowest BCUT2D eigenvalue weighted by Gasteiger charge is -2.33. The summed E-state index contributed by atoms with van der Waals surface area (Å²) in [5.74, 6) is -2.42. The molecule has 1 fully saturated rings. The van der Waals surface area contributed by atoms with Gasteiger partial charge >= 0.3 is 5.97 Å². The van der Waals surface area contributed by atoms with Gasteiger partial charge in [0.25, 0.3) is 0 Å². The third-order valence-corrected chi connectivity index (χ3v) is 6.44. The van der Waals surface area contributed by atoms with Gasteiger partial charge in [-0.1, -0.05) is 19.1 Å². The van der Waals surface area contributed by atoms with Gasteiger partial charge in [0.15, 0.2) is 0 Å². The number of likely N-dealkylation sites (tertiary alicyclic amines) is 1. The van der Waals surface area contributed by atoms with Crippen LogP contribution in [-0.4, -0.2) is 60.2 Å². The molecule has 3 rings (SSSR count). The Morgan fingerprint density at radius 2 is 1.88 bits per heavy atom. The van der Waals surface area contributed by atoms with E-state index in [1.165, 1.54) is 4.90 Å². The number of nitrogens with zero attached hydrogens (tertiary/aromatic N) is 1. The van der Waals surface area contributed by atoms with E-state index in [1.54, 1.807) is 45.2 Å². The minimum atomic E-state index is -0.845. The van der Waals surface area contributed by atoms with Crippen LogP contribution in [0.1, 0.15) is 27.2 Å². The van der Waals surface area contributed by atoms with Crippen molar-refractivity contribution in [2.75, 3.05) is 25.6 Å². The van der Waals surface area contributed by atoms with Gasteiger partial charge in [0.1, 0.15) is 11.8 Å². The van der Waals surface area contributed by atoms with Gasteiger partial charge in [-0.15, -0.1) is 0 Å². The average Bonchev–Trinajstić information content (AvgIpc) is 3.10. The smallest absolute Gasteiger partial charge is 0.310 e. The summed E-state index contributed by atoms with van der Waals surface area (Å²) >= 11 is 0. The lowest BCUT2D eigenvalue weighted by atomic mass is 9.69. The Morgan fingerprint density at radius 1 is 1.19 bits per heavy atom. The molecule has 1 aromatic carbocycles. The number of allylic oxidation sites excluding steroid dienone is 1. The molecule has 174 valence electrons. The molecule has 2 amide bonds. The van der Waals surface area contributed by atoms with Gasteiger partial charge < -0.3 is 24.8 Å². The minimum absolute atomic E-state index is 0.145. The van der Waals surface area contributed by atoms with Crippen LogP contribution < -0.4 is 10.1 Å². The third kappa shape index (κ3) is 4.37. The summed E-state index contributed by atoms with van der Waals surface area (Å²) in [6, 6.07) is 5.48. The van der Waals surface area contributed by atoms with Gasteiger partial charge in [0.2, 0.25) is 11.8 Å². The number of amides is 2. The van der Waals surface area contributed by atoms with Crippen molar-refractivity contribution in [2.45, 2.75) is 39.3 Å². The molecular weight excluding hydrogens is 412 g/mol. The number of anilines is 1. The van der Waals surface area contributed by atoms with E-state index in [0.717, 1.165) is 0 Å². The molecule has 0 radical (unpaired) electrons. The Hall–Kier alpha value is -2.87. The normalized spacial score (nSPS) is 27.6. The fourth-order valence-electron chi connectivity index (χ4n) is 4.85. The summed E-state index contributed by atoms with van der Waals surface area (Å²) in [5, 5.41) is 12.7. The Kier molecular flexibility index (Phi) is 7.56. The number of carbonyl (C=O) groups excluding carboxylic acids is 3. The molecule has 0 bridgehead atoms. The summed E-state index contributed by atoms with van der Waals surface area (Å²) in [7, 11) is 1.56. The average molecular weight is 445 g/mol. The largest absolute Gasteiger partial charge is 0.497 e. The van der Waals surface area contributed by atoms with Crippen LogP contribution >= 0.6 is 0 Å². The first-order chi connectivity index (χ1) is 15.4. The molecule has 1 aliphatic carbocycles. The van der Waals surface area contributed by atoms with Crippen LogP contribution in [0.15, 0.2) is 36.4 Å². The second-order valence-electron chi connectivity index (χ2n) is 8.28. The quantitative estimate of drug-likeness (QED) is 0.471. The zero-order valence-corrected chi connectivity index (χ0v) is 19.0. The minimum Gasteiger partial charge on any atom is -0.497 e. The van der Waals surface area contributed by atoms with Crippen LogP contribution in [-0.2, 0) is 19.1 Å². The highest BCUT2D eigenvalue weighted by atomic mass is 16.5. The van der Waals surface area contributed by atoms with E-state index in [-0.39, 0.29) is 30.9 Å². The highest BCUT2D eigenvalue weighted by Gasteiger charge is 2.58. The van der Waals surface area contributed by atoms with E-state index in [4.69, 9.17) is 9.47 Å². The number of benzene rings is 1. The van der Waals surface area contributed by atoms with Crippen molar-refractivity contribution in [1.82, 2.24) is 4.90 Å². The highest BCUT2D eigenvalue weighted by molar-refractivity contribution is 6.01. The maximum atomic E-state index is 13.5. The molecule has 1 aromatic rings. The lowest BCUT2D eigenvalue weighted by Crippen LogP contribution is -2.49. The van der Waals surface area contributed by atoms with E-state index in [0.29, 0.717) is 17.9 Å². The molecule has 8 heteroatoms. The van der Waals surface area contributed by atoms with Crippen LogP contribution in [0.4, 0.5) is 5.69 Å². The zero-order chi connectivity index (χ0) is 23.4. The highest BCUT2D eigenvalue weighted by Crippen LogP contribution is 2.46. The Labute approximate surface area is 188 Å². The summed E-state index contributed by atoms with van der Waals surface area (Å²) in [4.78, 5) is 41.2. The number of aliphatic hydroxyl groups is 1. The number of rotatable bonds is 8. The number of hydrogen-bond acceptors (Lipinski definition) is 6. The SMILES string of the molecule is CCOC(=O)[C@H]1[C@@H]2C(=O)N([C@H](C)CO)[C@H](C(=O)Nc3ccc(OC)cc3)[C@H]2C=C[C@H]1CC. The molecule has 0 saturated carbocycles. The van der Waals surface area contributed by atoms with Crippen molar-refractivity contribution in [3.63, 3.8) is 0 Å². The first-order valence-corrected chi connectivity index (χ1v) is 11.1. The molecule has 0 aromatic heterocycles. The molecule has 0 unspecified atom stereocenters. The molecule has 2 aliphatic rings. The van der Waals surface area contributed by atoms with E-state index >= 15 is 0 Å². The van der Waals surface area contributed by atoms with Crippen LogP contribution in [0.5, 0.6) is 5.75 Å². The van der Waals surface area contributed by atoms with Crippen molar-refractivity contribution >= 4 is 23.5 Å². The standard InChI is InChI=1S/C24H32N2O6/c1-5-15-7-12-18-20(19(15)24(30)32-6-2)23(29)26(14(3)13-27)21(18)22(28)25-16-8-10-17(31-4)11-9-16/h7-12,14-15,18-21,27H,5-6,13H2,1-4H3,(H,25,28)/t14-,15-,18+,19-,20-,21+/m1/s1. The van der Waals surface area contributed by atoms with Crippen molar-refractivity contribution in [2.24, 2.45) is 23.7 Å². The predicted octanol–water partition coefficient (Wildman–Crippen LogP) is 2.23. The van der Waals surface area contributed by atoms with E-state index < -0.39 is 35.8 Å². The Bertz CT molecular complexity index is 868. The zero-order valence-electron chi connectivity index (χ0n) is 19.0. The molecule has 1 heterocycles. The summed E-state index contributed by atoms with van der Waals surface area (Å²) in [6.45, 7) is 5.32. The van der Waals surface area contributed by atoms with Gasteiger partial charge in [0.05, 0.1) is 38.2 Å². The first-order valence-electron chi connectivity index (χ1n) is 11.1. The second-order valence-corrected chi connectivity index (χ2v) is 8.28. The molecule has 1 aliphatic heterocycles. The number of aliphatic hydroxyl groups excluding tert-OH is 1. The van der Waals surface area contributed by atoms with Crippen LogP contribution in [0.2, 0.25) is 0 Å². The maximum Gasteiger partial charge on any atom is 0.310 e. The van der Waals surface area contributed by atoms with Crippen LogP contribution in [0, 0.1) is 23.7 Å². The van der Waals surface area contributed by atoms with Gasteiger partial charge in [-0.2, -0.15) is 0 Å². The van der Waals surface area contributed by atoms with Crippen molar-refractivity contribution < 1.29 is 29.0 Å². The van der Waals surface area contributed by atoms with E-state index in [2.05, 4.69) is 5.32 Å².